The van der Waals surface area contributed by atoms with Gasteiger partial charge < -0.3 is 9.52 Å². The number of aromatic nitrogens is 1. The van der Waals surface area contributed by atoms with Crippen LogP contribution in [0.1, 0.15) is 113 Å². The predicted molar refractivity (Wildman–Crippen MR) is 212 cm³/mol. The van der Waals surface area contributed by atoms with E-state index >= 15 is 0 Å². The standard InChI is InChI=1S/C31H30NO.C15H28O2.Ir/c1-20(2)14-25-19-33-30-11-10-21(16-27(25)30)22-12-13-32-29(18-22)24-15-23-8-6-7-9-26(23)28(17-24)31(3,4)5;1-7-14(5,8-2)12(16)11-13(17)15(6,9-3)10-4;/h6-13,16-20H,14H2,1-5H3;11,16H,7-10H2,1-6H3;/q-1;;/b;12-11-;. The van der Waals surface area contributed by atoms with Crippen molar-refractivity contribution >= 4 is 27.5 Å². The molecule has 4 nitrogen and oxygen atoms in total. The Morgan fingerprint density at radius 2 is 1.47 bits per heavy atom. The van der Waals surface area contributed by atoms with Gasteiger partial charge in [0.2, 0.25) is 0 Å². The smallest absolute Gasteiger partial charge is 0.164 e. The third kappa shape index (κ3) is 9.67. The summed E-state index contributed by atoms with van der Waals surface area (Å²) in [5.74, 6) is 0.871. The SMILES string of the molecule is CC(C)Cc1coc2ccc(-c3ccnc(-c4[c-]c5ccccc5c(C(C)(C)C)c4)c3)cc12.CCC(C)(CC)C(=O)/C=C(\O)C(C)(CC)CC.[Ir]. The first kappa shape index (κ1) is 41.9. The van der Waals surface area contributed by atoms with Gasteiger partial charge in [0.05, 0.1) is 6.26 Å². The minimum atomic E-state index is -0.337. The van der Waals surface area contributed by atoms with Crippen molar-refractivity contribution in [1.29, 1.82) is 0 Å². The van der Waals surface area contributed by atoms with Crippen LogP contribution in [0.25, 0.3) is 44.1 Å². The minimum Gasteiger partial charge on any atom is -0.512 e. The van der Waals surface area contributed by atoms with Crippen molar-refractivity contribution < 1.29 is 34.4 Å². The van der Waals surface area contributed by atoms with Crippen LogP contribution in [-0.4, -0.2) is 15.9 Å². The molecule has 2 heterocycles. The molecule has 3 aromatic carbocycles. The summed E-state index contributed by atoms with van der Waals surface area (Å²) < 4.78 is 5.80. The molecule has 1 N–H and O–H groups in total. The molecule has 0 amide bonds. The van der Waals surface area contributed by atoms with Crippen LogP contribution in [-0.2, 0) is 36.7 Å². The number of aliphatic hydroxyl groups is 1. The molecule has 275 valence electrons. The van der Waals surface area contributed by atoms with Crippen LogP contribution in [0.4, 0.5) is 0 Å². The van der Waals surface area contributed by atoms with E-state index < -0.39 is 0 Å². The average molecular weight is 865 g/mol. The number of nitrogens with zero attached hydrogens (tertiary/aromatic N) is 1. The van der Waals surface area contributed by atoms with E-state index in [0.29, 0.717) is 5.92 Å². The molecule has 0 bridgehead atoms. The zero-order valence-electron chi connectivity index (χ0n) is 32.7. The molecule has 51 heavy (non-hydrogen) atoms. The van der Waals surface area contributed by atoms with E-state index in [4.69, 9.17) is 9.40 Å². The van der Waals surface area contributed by atoms with Gasteiger partial charge in [-0.25, -0.2) is 0 Å². The molecule has 1 radical (unpaired) electrons. The number of fused-ring (bicyclic) bond motifs is 2. The van der Waals surface area contributed by atoms with Crippen LogP contribution in [0.2, 0.25) is 0 Å². The summed E-state index contributed by atoms with van der Waals surface area (Å²) in [7, 11) is 0. The van der Waals surface area contributed by atoms with Gasteiger partial charge in [0, 0.05) is 54.3 Å². The molecule has 0 fully saturated rings. The number of furan rings is 1. The number of allylic oxidation sites excluding steroid dienone is 2. The number of benzene rings is 3. The second kappa shape index (κ2) is 17.3. The van der Waals surface area contributed by atoms with E-state index in [1.807, 2.05) is 54.0 Å². The van der Waals surface area contributed by atoms with Gasteiger partial charge in [-0.05, 0) is 78.3 Å². The third-order valence-electron chi connectivity index (χ3n) is 10.8. The first-order valence-electron chi connectivity index (χ1n) is 18.5. The molecule has 0 aliphatic carbocycles. The van der Waals surface area contributed by atoms with Crippen LogP contribution >= 0.6 is 0 Å². The van der Waals surface area contributed by atoms with Crippen LogP contribution in [0.3, 0.4) is 0 Å². The number of carbonyl (C=O) groups is 1. The van der Waals surface area contributed by atoms with Crippen LogP contribution < -0.4 is 0 Å². The van der Waals surface area contributed by atoms with Crippen molar-refractivity contribution in [3.8, 4) is 22.4 Å². The van der Waals surface area contributed by atoms with E-state index in [1.165, 1.54) is 33.5 Å². The second-order valence-corrected chi connectivity index (χ2v) is 15.8. The van der Waals surface area contributed by atoms with E-state index in [0.717, 1.165) is 59.9 Å². The van der Waals surface area contributed by atoms with Crippen molar-refractivity contribution in [2.45, 2.75) is 114 Å². The number of carbonyl (C=O) groups excluding carboxylic acids is 1. The number of ketones is 1. The van der Waals surface area contributed by atoms with Crippen LogP contribution in [0, 0.1) is 22.8 Å². The van der Waals surface area contributed by atoms with E-state index in [2.05, 4.69) is 101 Å². The van der Waals surface area contributed by atoms with Crippen molar-refractivity contribution in [1.82, 2.24) is 4.98 Å². The first-order chi connectivity index (χ1) is 23.6. The van der Waals surface area contributed by atoms with Gasteiger partial charge in [-0.15, -0.1) is 29.1 Å². The molecule has 5 aromatic rings. The van der Waals surface area contributed by atoms with Gasteiger partial charge in [-0.2, -0.15) is 0 Å². The Labute approximate surface area is 320 Å². The van der Waals surface area contributed by atoms with E-state index in [1.54, 1.807) is 0 Å². The molecule has 5 rings (SSSR count). The minimum absolute atomic E-state index is 0. The molecule has 2 aromatic heterocycles. The Morgan fingerprint density at radius 1 is 0.843 bits per heavy atom. The Kier molecular flexibility index (Phi) is 14.2. The van der Waals surface area contributed by atoms with Crippen molar-refractivity contribution in [3.05, 3.63) is 102 Å². The maximum absolute atomic E-state index is 12.2. The quantitative estimate of drug-likeness (QED) is 0.0816. The number of pyridine rings is 1. The largest absolute Gasteiger partial charge is 0.512 e. The zero-order valence-corrected chi connectivity index (χ0v) is 35.1. The van der Waals surface area contributed by atoms with Crippen LogP contribution in [0.5, 0.6) is 0 Å². The second-order valence-electron chi connectivity index (χ2n) is 15.8. The molecule has 0 spiro atoms. The van der Waals surface area contributed by atoms with Crippen LogP contribution in [0.15, 0.2) is 89.4 Å². The average Bonchev–Trinajstić information content (AvgIpc) is 3.51. The number of rotatable bonds is 11. The summed E-state index contributed by atoms with van der Waals surface area (Å²) in [4.78, 5) is 16.9. The summed E-state index contributed by atoms with van der Waals surface area (Å²) in [6.45, 7) is 23.3. The number of hydrogen-bond acceptors (Lipinski definition) is 4. The fraction of sp³-hybridized carbons (Fsp3) is 0.435. The van der Waals surface area contributed by atoms with Gasteiger partial charge in [0.1, 0.15) is 11.3 Å². The van der Waals surface area contributed by atoms with Gasteiger partial charge in [-0.1, -0.05) is 117 Å². The predicted octanol–water partition coefficient (Wildman–Crippen LogP) is 13.3. The normalized spacial score (nSPS) is 12.5. The number of aliphatic hydroxyl groups excluding tert-OH is 1. The summed E-state index contributed by atoms with van der Waals surface area (Å²) >= 11 is 0. The van der Waals surface area contributed by atoms with E-state index in [9.17, 15) is 9.90 Å². The van der Waals surface area contributed by atoms with Crippen molar-refractivity contribution in [3.63, 3.8) is 0 Å². The molecule has 0 saturated carbocycles. The topological polar surface area (TPSA) is 63.3 Å². The molecular formula is C46H58IrNO3-. The fourth-order valence-corrected chi connectivity index (χ4v) is 6.29. The molecule has 0 aliphatic rings. The van der Waals surface area contributed by atoms with Gasteiger partial charge >= 0.3 is 0 Å². The van der Waals surface area contributed by atoms with Gasteiger partial charge in [0.15, 0.2) is 5.78 Å². The maximum atomic E-state index is 12.2. The van der Waals surface area contributed by atoms with Gasteiger partial charge in [0.25, 0.3) is 0 Å². The maximum Gasteiger partial charge on any atom is 0.164 e. The van der Waals surface area contributed by atoms with E-state index in [-0.39, 0.29) is 47.9 Å². The zero-order chi connectivity index (χ0) is 36.9. The van der Waals surface area contributed by atoms with Crippen molar-refractivity contribution in [2.75, 3.05) is 0 Å². The Balaban J connectivity index is 0.000000335. The summed E-state index contributed by atoms with van der Waals surface area (Å²) in [6.07, 6.45) is 9.58. The molecule has 5 heteroatoms. The number of hydrogen-bond donors (Lipinski definition) is 1. The van der Waals surface area contributed by atoms with Crippen molar-refractivity contribution in [2.24, 2.45) is 16.7 Å². The molecular weight excluding hydrogens is 807 g/mol. The summed E-state index contributed by atoms with van der Waals surface area (Å²) in [6, 6.07) is 25.1. The Bertz CT molecular complexity index is 1950. The first-order valence-corrected chi connectivity index (χ1v) is 18.5. The molecule has 0 aliphatic heterocycles. The summed E-state index contributed by atoms with van der Waals surface area (Å²) in [5.41, 5.74) is 7.26. The Morgan fingerprint density at radius 3 is 2.08 bits per heavy atom. The third-order valence-corrected chi connectivity index (χ3v) is 10.8. The molecule has 0 saturated heterocycles. The monoisotopic (exact) mass is 865 g/mol. The summed E-state index contributed by atoms with van der Waals surface area (Å²) in [5, 5.41) is 13.7. The molecule has 0 atom stereocenters. The molecule has 0 unspecified atom stereocenters. The fourth-order valence-electron chi connectivity index (χ4n) is 6.29. The Hall–Kier alpha value is -3.53. The van der Waals surface area contributed by atoms with Gasteiger partial charge in [-0.3, -0.25) is 9.78 Å².